The third-order valence-corrected chi connectivity index (χ3v) is 8.02. The number of anilines is 1. The third-order valence-electron chi connectivity index (χ3n) is 7.78. The molecule has 3 heterocycles. The zero-order chi connectivity index (χ0) is 27.6. The van der Waals surface area contributed by atoms with E-state index < -0.39 is 60.2 Å². The van der Waals surface area contributed by atoms with Crippen molar-refractivity contribution >= 4 is 35.0 Å². The summed E-state index contributed by atoms with van der Waals surface area (Å²) in [5.74, 6) is -6.18. The minimum absolute atomic E-state index is 0.0888. The summed E-state index contributed by atoms with van der Waals surface area (Å²) in [6.45, 7) is 4.40. The molecular weight excluding hydrogens is 516 g/mol. The second-order valence-corrected chi connectivity index (χ2v) is 11.5. The predicted molar refractivity (Wildman–Crippen MR) is 138 cm³/mol. The Morgan fingerprint density at radius 2 is 2.05 bits per heavy atom. The maximum absolute atomic E-state index is 15.1. The highest BCUT2D eigenvalue weighted by atomic mass is 35.5. The lowest BCUT2D eigenvalue weighted by molar-refractivity contribution is -0.194. The van der Waals surface area contributed by atoms with Crippen LogP contribution in [-0.4, -0.2) is 59.3 Å². The van der Waals surface area contributed by atoms with Crippen LogP contribution in [0.5, 0.6) is 0 Å². The van der Waals surface area contributed by atoms with Gasteiger partial charge in [0.1, 0.15) is 18.1 Å². The molecule has 8 nitrogen and oxygen atoms in total. The van der Waals surface area contributed by atoms with E-state index in [9.17, 15) is 19.6 Å². The summed E-state index contributed by atoms with van der Waals surface area (Å²) in [6, 6.07) is 4.89. The Kier molecular flexibility index (Phi) is 8.46. The normalized spacial score (nSPS) is 27.4. The van der Waals surface area contributed by atoms with Crippen molar-refractivity contribution in [2.24, 2.45) is 17.8 Å². The van der Waals surface area contributed by atoms with Gasteiger partial charge in [-0.25, -0.2) is 8.78 Å². The number of carbonyl (C=O) groups is 3. The number of alkyl halides is 2. The van der Waals surface area contributed by atoms with Crippen molar-refractivity contribution in [1.82, 2.24) is 15.5 Å². The monoisotopic (exact) mass is 549 g/mol. The van der Waals surface area contributed by atoms with Crippen LogP contribution < -0.4 is 16.0 Å². The molecule has 1 aliphatic carbocycles. The molecule has 2 bridgehead atoms. The Hall–Kier alpha value is -2.93. The fraction of sp³-hybridized carbons (Fsp3) is 0.630. The molecule has 3 saturated heterocycles. The first-order valence-corrected chi connectivity index (χ1v) is 13.6. The van der Waals surface area contributed by atoms with E-state index in [2.05, 4.69) is 16.0 Å². The summed E-state index contributed by atoms with van der Waals surface area (Å²) in [5.41, 5.74) is 0.615. The number of nitrogens with one attached hydrogen (secondary N) is 3. The van der Waals surface area contributed by atoms with E-state index in [0.717, 1.165) is 0 Å². The molecule has 0 unspecified atom stereocenters. The van der Waals surface area contributed by atoms with E-state index >= 15 is 8.78 Å². The number of nitriles is 1. The SMILES string of the molecule is CC(C)C[C@H](Nc1cccc(Cl)c1)C(=O)N1[C@@H]2CC[C@H]([C@H]1C(=O)N[C@H](C#N)C[C@@H]1CCNC1=O)C(F)(F)C2. The summed E-state index contributed by atoms with van der Waals surface area (Å²) >= 11 is 6.12. The van der Waals surface area contributed by atoms with Gasteiger partial charge in [0.15, 0.2) is 0 Å². The van der Waals surface area contributed by atoms with Crippen LogP contribution in [0.4, 0.5) is 14.5 Å². The third kappa shape index (κ3) is 6.04. The summed E-state index contributed by atoms with van der Waals surface area (Å²) in [6.07, 6.45) is 1.04. The van der Waals surface area contributed by atoms with E-state index in [1.54, 1.807) is 24.3 Å². The Bertz CT molecular complexity index is 1110. The number of piperidine rings is 2. The molecule has 11 heteroatoms. The van der Waals surface area contributed by atoms with E-state index in [4.69, 9.17) is 11.6 Å². The second kappa shape index (κ2) is 11.4. The molecular formula is C27H34ClF2N5O3. The molecule has 38 heavy (non-hydrogen) atoms. The van der Waals surface area contributed by atoms with Crippen LogP contribution in [0, 0.1) is 29.1 Å². The van der Waals surface area contributed by atoms with Crippen LogP contribution in [-0.2, 0) is 14.4 Å². The molecule has 206 valence electrons. The molecule has 5 rings (SSSR count). The highest BCUT2D eigenvalue weighted by Crippen LogP contribution is 2.49. The summed E-state index contributed by atoms with van der Waals surface area (Å²) in [5, 5.41) is 18.6. The van der Waals surface area contributed by atoms with E-state index in [1.807, 2.05) is 19.9 Å². The van der Waals surface area contributed by atoms with Gasteiger partial charge in [-0.1, -0.05) is 31.5 Å². The molecule has 0 spiro atoms. The number of fused-ring (bicyclic) bond motifs is 3. The van der Waals surface area contributed by atoms with Crippen molar-refractivity contribution in [2.75, 3.05) is 11.9 Å². The van der Waals surface area contributed by atoms with Gasteiger partial charge in [0.2, 0.25) is 17.7 Å². The number of amides is 3. The molecule has 0 radical (unpaired) electrons. The van der Waals surface area contributed by atoms with Crippen molar-refractivity contribution in [3.8, 4) is 6.07 Å². The van der Waals surface area contributed by atoms with Crippen LogP contribution in [0.15, 0.2) is 24.3 Å². The zero-order valence-electron chi connectivity index (χ0n) is 21.6. The Morgan fingerprint density at radius 1 is 1.29 bits per heavy atom. The van der Waals surface area contributed by atoms with Gasteiger partial charge in [-0.2, -0.15) is 5.26 Å². The summed E-state index contributed by atoms with van der Waals surface area (Å²) < 4.78 is 30.2. The zero-order valence-corrected chi connectivity index (χ0v) is 22.3. The van der Waals surface area contributed by atoms with Crippen LogP contribution >= 0.6 is 11.6 Å². The molecule has 0 aromatic heterocycles. The van der Waals surface area contributed by atoms with Gasteiger partial charge in [-0.3, -0.25) is 14.4 Å². The second-order valence-electron chi connectivity index (χ2n) is 11.0. The van der Waals surface area contributed by atoms with Crippen molar-refractivity contribution in [3.63, 3.8) is 0 Å². The van der Waals surface area contributed by atoms with Gasteiger partial charge >= 0.3 is 0 Å². The minimum atomic E-state index is -3.11. The van der Waals surface area contributed by atoms with Crippen LogP contribution in [0.25, 0.3) is 0 Å². The number of hydrogen-bond donors (Lipinski definition) is 3. The van der Waals surface area contributed by atoms with Crippen molar-refractivity contribution < 1.29 is 23.2 Å². The maximum atomic E-state index is 15.1. The van der Waals surface area contributed by atoms with E-state index in [0.29, 0.717) is 36.5 Å². The highest BCUT2D eigenvalue weighted by molar-refractivity contribution is 6.30. The summed E-state index contributed by atoms with van der Waals surface area (Å²) in [4.78, 5) is 40.9. The van der Waals surface area contributed by atoms with E-state index in [1.165, 1.54) is 4.90 Å². The fourth-order valence-electron chi connectivity index (χ4n) is 6.03. The average molecular weight is 550 g/mol. The number of halogens is 3. The first-order chi connectivity index (χ1) is 18.0. The van der Waals surface area contributed by atoms with E-state index in [-0.39, 0.29) is 24.7 Å². The van der Waals surface area contributed by atoms with Gasteiger partial charge < -0.3 is 20.9 Å². The molecule has 1 aromatic rings. The van der Waals surface area contributed by atoms with Gasteiger partial charge in [0.05, 0.1) is 12.0 Å². The lowest BCUT2D eigenvalue weighted by Gasteiger charge is -2.54. The van der Waals surface area contributed by atoms with Gasteiger partial charge in [0.25, 0.3) is 5.92 Å². The number of hydrogen-bond acceptors (Lipinski definition) is 5. The average Bonchev–Trinajstić information content (AvgIpc) is 3.25. The fourth-order valence-corrected chi connectivity index (χ4v) is 6.22. The van der Waals surface area contributed by atoms with Crippen LogP contribution in [0.1, 0.15) is 52.4 Å². The Morgan fingerprint density at radius 3 is 2.66 bits per heavy atom. The summed E-state index contributed by atoms with van der Waals surface area (Å²) in [7, 11) is 0. The highest BCUT2D eigenvalue weighted by Gasteiger charge is 2.61. The maximum Gasteiger partial charge on any atom is 0.255 e. The lowest BCUT2D eigenvalue weighted by atomic mass is 9.71. The molecule has 1 saturated carbocycles. The standard InChI is InChI=1S/C27H34ClF2N5O3/c1-15(2)10-22(33-18-5-3-4-17(28)12-18)26(38)35-20-6-7-21(27(29,30)13-20)23(35)25(37)34-19(14-31)11-16-8-9-32-24(16)36/h3-5,12,15-16,19-23,33H,6-11,13H2,1-2H3,(H,32,36)(H,34,37)/t16-,19-,20+,21+,22-,23-/m0/s1. The number of benzene rings is 1. The number of rotatable bonds is 9. The molecule has 6 atom stereocenters. The molecule has 3 N–H and O–H groups in total. The Balaban J connectivity index is 1.59. The first-order valence-electron chi connectivity index (χ1n) is 13.2. The molecule has 3 aliphatic heterocycles. The van der Waals surface area contributed by atoms with Gasteiger partial charge in [-0.05, 0) is 56.2 Å². The number of carbonyl (C=O) groups excluding carboxylic acids is 3. The quantitative estimate of drug-likeness (QED) is 0.434. The molecule has 3 amide bonds. The number of nitrogens with zero attached hydrogens (tertiary/aromatic N) is 2. The molecule has 4 fully saturated rings. The van der Waals surface area contributed by atoms with Crippen molar-refractivity contribution in [2.45, 2.75) is 82.5 Å². The molecule has 4 aliphatic rings. The topological polar surface area (TPSA) is 114 Å². The first kappa shape index (κ1) is 28.1. The predicted octanol–water partition coefficient (Wildman–Crippen LogP) is 3.72. The molecule has 1 aromatic carbocycles. The van der Waals surface area contributed by atoms with Crippen LogP contribution in [0.2, 0.25) is 5.02 Å². The van der Waals surface area contributed by atoms with Gasteiger partial charge in [0, 0.05) is 35.6 Å². The Labute approximate surface area is 226 Å². The lowest BCUT2D eigenvalue weighted by Crippen LogP contribution is -2.70. The van der Waals surface area contributed by atoms with Crippen molar-refractivity contribution in [3.05, 3.63) is 29.3 Å². The minimum Gasteiger partial charge on any atom is -0.374 e. The smallest absolute Gasteiger partial charge is 0.255 e. The van der Waals surface area contributed by atoms with Gasteiger partial charge in [-0.15, -0.1) is 0 Å². The van der Waals surface area contributed by atoms with Crippen LogP contribution in [0.3, 0.4) is 0 Å². The van der Waals surface area contributed by atoms with Crippen molar-refractivity contribution in [1.29, 1.82) is 5.26 Å². The largest absolute Gasteiger partial charge is 0.374 e.